The van der Waals surface area contributed by atoms with Gasteiger partial charge in [-0.3, -0.25) is 9.59 Å². The van der Waals surface area contributed by atoms with Gasteiger partial charge in [-0.05, 0) is 36.8 Å². The number of hydrogen-bond donors (Lipinski definition) is 3. The topological polar surface area (TPSA) is 91.6 Å². The Kier molecular flexibility index (Phi) is 5.11. The van der Waals surface area contributed by atoms with Crippen molar-refractivity contribution in [2.75, 3.05) is 18.5 Å². The second-order valence-corrected chi connectivity index (χ2v) is 4.38. The van der Waals surface area contributed by atoms with Crippen molar-refractivity contribution in [3.05, 3.63) is 54.0 Å². The van der Waals surface area contributed by atoms with Gasteiger partial charge in [0.1, 0.15) is 6.26 Å². The van der Waals surface area contributed by atoms with Crippen LogP contribution < -0.4 is 10.6 Å². The van der Waals surface area contributed by atoms with E-state index in [9.17, 15) is 9.59 Å². The van der Waals surface area contributed by atoms with Crippen LogP contribution in [-0.4, -0.2) is 30.1 Å². The van der Waals surface area contributed by atoms with Crippen LogP contribution in [0.2, 0.25) is 0 Å². The zero-order valence-electron chi connectivity index (χ0n) is 11.3. The van der Waals surface area contributed by atoms with Crippen LogP contribution in [0.3, 0.4) is 0 Å². The molecular weight excluding hydrogens is 272 g/mol. The fourth-order valence-electron chi connectivity index (χ4n) is 1.68. The van der Waals surface area contributed by atoms with E-state index >= 15 is 0 Å². The molecule has 1 heterocycles. The van der Waals surface area contributed by atoms with E-state index in [2.05, 4.69) is 10.6 Å². The van der Waals surface area contributed by atoms with Crippen molar-refractivity contribution in [2.45, 2.75) is 6.42 Å². The van der Waals surface area contributed by atoms with Crippen molar-refractivity contribution in [3.63, 3.8) is 0 Å². The Morgan fingerprint density at radius 2 is 1.81 bits per heavy atom. The number of carbonyl (C=O) groups is 2. The van der Waals surface area contributed by atoms with Gasteiger partial charge in [0.05, 0.1) is 11.8 Å². The third-order valence-corrected chi connectivity index (χ3v) is 2.81. The van der Waals surface area contributed by atoms with Crippen molar-refractivity contribution in [3.8, 4) is 0 Å². The van der Waals surface area contributed by atoms with Gasteiger partial charge in [-0.2, -0.15) is 0 Å². The van der Waals surface area contributed by atoms with Crippen molar-refractivity contribution in [1.29, 1.82) is 0 Å². The summed E-state index contributed by atoms with van der Waals surface area (Å²) < 4.78 is 4.84. The molecular formula is C15H16N2O4. The number of rotatable bonds is 6. The van der Waals surface area contributed by atoms with Gasteiger partial charge < -0.3 is 20.2 Å². The zero-order valence-corrected chi connectivity index (χ0v) is 11.3. The first-order valence-electron chi connectivity index (χ1n) is 6.53. The SMILES string of the molecule is O=C(NCCCO)c1ccc(NC(=O)c2ccoc2)cc1. The largest absolute Gasteiger partial charge is 0.472 e. The van der Waals surface area contributed by atoms with E-state index in [4.69, 9.17) is 9.52 Å². The van der Waals surface area contributed by atoms with Gasteiger partial charge >= 0.3 is 0 Å². The van der Waals surface area contributed by atoms with Crippen molar-refractivity contribution in [1.82, 2.24) is 5.32 Å². The maximum Gasteiger partial charge on any atom is 0.258 e. The molecule has 2 amide bonds. The minimum Gasteiger partial charge on any atom is -0.472 e. The molecule has 0 unspecified atom stereocenters. The Morgan fingerprint density at radius 3 is 2.43 bits per heavy atom. The molecule has 0 spiro atoms. The van der Waals surface area contributed by atoms with Gasteiger partial charge in [-0.25, -0.2) is 0 Å². The predicted octanol–water partition coefficient (Wildman–Crippen LogP) is 1.64. The third-order valence-electron chi connectivity index (χ3n) is 2.81. The number of hydrogen-bond acceptors (Lipinski definition) is 4. The van der Waals surface area contributed by atoms with Crippen LogP contribution in [0, 0.1) is 0 Å². The Labute approximate surface area is 121 Å². The van der Waals surface area contributed by atoms with Crippen molar-refractivity contribution in [2.24, 2.45) is 0 Å². The number of aliphatic hydroxyl groups is 1. The van der Waals surface area contributed by atoms with E-state index in [1.165, 1.54) is 12.5 Å². The summed E-state index contributed by atoms with van der Waals surface area (Å²) >= 11 is 0. The highest BCUT2D eigenvalue weighted by Crippen LogP contribution is 2.11. The third kappa shape index (κ3) is 4.19. The van der Waals surface area contributed by atoms with Gasteiger partial charge in [-0.15, -0.1) is 0 Å². The van der Waals surface area contributed by atoms with Gasteiger partial charge in [0, 0.05) is 24.4 Å². The van der Waals surface area contributed by atoms with Gasteiger partial charge in [0.2, 0.25) is 0 Å². The molecule has 0 fully saturated rings. The summed E-state index contributed by atoms with van der Waals surface area (Å²) in [7, 11) is 0. The molecule has 2 rings (SSSR count). The molecule has 1 aromatic heterocycles. The van der Waals surface area contributed by atoms with Crippen molar-refractivity contribution >= 4 is 17.5 Å². The highest BCUT2D eigenvalue weighted by Gasteiger charge is 2.08. The first-order chi connectivity index (χ1) is 10.2. The van der Waals surface area contributed by atoms with Crippen LogP contribution in [0.25, 0.3) is 0 Å². The Bertz CT molecular complexity index is 591. The lowest BCUT2D eigenvalue weighted by molar-refractivity contribution is 0.0950. The summed E-state index contributed by atoms with van der Waals surface area (Å²) in [4.78, 5) is 23.5. The molecule has 110 valence electrons. The Balaban J connectivity index is 1.92. The van der Waals surface area contributed by atoms with Crippen molar-refractivity contribution < 1.29 is 19.1 Å². The number of amides is 2. The lowest BCUT2D eigenvalue weighted by Crippen LogP contribution is -2.24. The molecule has 1 aromatic carbocycles. The van der Waals surface area contributed by atoms with Gasteiger partial charge in [-0.1, -0.05) is 0 Å². The second-order valence-electron chi connectivity index (χ2n) is 4.38. The smallest absolute Gasteiger partial charge is 0.258 e. The normalized spacial score (nSPS) is 10.1. The quantitative estimate of drug-likeness (QED) is 0.705. The number of furan rings is 1. The molecule has 6 heteroatoms. The van der Waals surface area contributed by atoms with Gasteiger partial charge in [0.25, 0.3) is 11.8 Å². The first kappa shape index (κ1) is 14.8. The highest BCUT2D eigenvalue weighted by molar-refractivity contribution is 6.04. The van der Waals surface area contributed by atoms with Crippen LogP contribution in [-0.2, 0) is 0 Å². The molecule has 0 aliphatic heterocycles. The Hall–Kier alpha value is -2.60. The second kappa shape index (κ2) is 7.25. The van der Waals surface area contributed by atoms with Crippen LogP contribution >= 0.6 is 0 Å². The van der Waals surface area contributed by atoms with Crippen LogP contribution in [0.15, 0.2) is 47.3 Å². The predicted molar refractivity (Wildman–Crippen MR) is 77.1 cm³/mol. The molecule has 0 aliphatic carbocycles. The maximum absolute atomic E-state index is 11.8. The van der Waals surface area contributed by atoms with E-state index < -0.39 is 0 Å². The lowest BCUT2D eigenvalue weighted by Gasteiger charge is -2.06. The van der Waals surface area contributed by atoms with Crippen LogP contribution in [0.4, 0.5) is 5.69 Å². The summed E-state index contributed by atoms with van der Waals surface area (Å²) in [5, 5.41) is 14.0. The molecule has 6 nitrogen and oxygen atoms in total. The standard InChI is InChI=1S/C15H16N2O4/c18-8-1-7-16-14(19)11-2-4-13(5-3-11)17-15(20)12-6-9-21-10-12/h2-6,9-10,18H,1,7-8H2,(H,16,19)(H,17,20). The average molecular weight is 288 g/mol. The molecule has 0 saturated carbocycles. The fraction of sp³-hybridized carbons (Fsp3) is 0.200. The van der Waals surface area contributed by atoms with Gasteiger partial charge in [0.15, 0.2) is 0 Å². The molecule has 0 aliphatic rings. The summed E-state index contributed by atoms with van der Waals surface area (Å²) in [5.41, 5.74) is 1.52. The fourth-order valence-corrected chi connectivity index (χ4v) is 1.68. The average Bonchev–Trinajstić information content (AvgIpc) is 3.02. The number of carbonyl (C=O) groups excluding carboxylic acids is 2. The number of benzene rings is 1. The minimum absolute atomic E-state index is 0.0409. The van der Waals surface area contributed by atoms with E-state index in [0.717, 1.165) is 0 Å². The number of aliphatic hydroxyl groups excluding tert-OH is 1. The monoisotopic (exact) mass is 288 g/mol. The van der Waals surface area contributed by atoms with E-state index in [1.54, 1.807) is 30.3 Å². The molecule has 0 radical (unpaired) electrons. The van der Waals surface area contributed by atoms with Crippen LogP contribution in [0.1, 0.15) is 27.1 Å². The molecule has 0 saturated heterocycles. The Morgan fingerprint density at radius 1 is 1.05 bits per heavy atom. The molecule has 3 N–H and O–H groups in total. The summed E-state index contributed by atoms with van der Waals surface area (Å²) in [6.07, 6.45) is 3.30. The van der Waals surface area contributed by atoms with E-state index in [0.29, 0.717) is 29.8 Å². The zero-order chi connectivity index (χ0) is 15.1. The summed E-state index contributed by atoms with van der Waals surface area (Å²) in [6, 6.07) is 8.12. The highest BCUT2D eigenvalue weighted by atomic mass is 16.3. The van der Waals surface area contributed by atoms with Crippen LogP contribution in [0.5, 0.6) is 0 Å². The lowest BCUT2D eigenvalue weighted by atomic mass is 10.2. The number of anilines is 1. The summed E-state index contributed by atoms with van der Waals surface area (Å²) in [6.45, 7) is 0.466. The first-order valence-corrected chi connectivity index (χ1v) is 6.53. The molecule has 0 atom stereocenters. The summed E-state index contributed by atoms with van der Waals surface area (Å²) in [5.74, 6) is -0.486. The van der Waals surface area contributed by atoms with E-state index in [-0.39, 0.29) is 18.4 Å². The number of nitrogens with one attached hydrogen (secondary N) is 2. The minimum atomic E-state index is -0.274. The van der Waals surface area contributed by atoms with E-state index in [1.807, 2.05) is 0 Å². The molecule has 21 heavy (non-hydrogen) atoms. The molecule has 0 bridgehead atoms. The molecule has 2 aromatic rings. The maximum atomic E-state index is 11.8.